The highest BCUT2D eigenvalue weighted by molar-refractivity contribution is 4.59. The molecule has 0 bridgehead atoms. The van der Waals surface area contributed by atoms with Crippen LogP contribution in [-0.4, -0.2) is 22.0 Å². The predicted molar refractivity (Wildman–Crippen MR) is 68.7 cm³/mol. The molecule has 1 rings (SSSR count). The Labute approximate surface area is 98.3 Å². The van der Waals surface area contributed by atoms with Crippen molar-refractivity contribution in [3.63, 3.8) is 0 Å². The molecule has 0 unspecified atom stereocenters. The van der Waals surface area contributed by atoms with E-state index in [1.165, 1.54) is 7.05 Å². The molecular weight excluding hydrogens is 204 g/mol. The molecule has 0 fully saturated rings. The molecule has 1 aromatic heterocycles. The molecule has 0 aromatic carbocycles. The molecule has 0 aliphatic carbocycles. The van der Waals surface area contributed by atoms with Crippen molar-refractivity contribution in [3.05, 3.63) is 22.8 Å². The minimum Gasteiger partial charge on any atom is -0.256 e. The largest absolute Gasteiger partial charge is 0.256 e. The van der Waals surface area contributed by atoms with E-state index in [1.54, 1.807) is 17.1 Å². The normalized spacial score (nSPS) is 5.25. The standard InChI is InChI=1S/C3H5N3.2C2H6.C2H2.CH3N3/c1-6-3-2-4-5-6;3*1-2;1-3-4-2/h2-3H,1H3;2*1-2H3;1-2H;1H3. The summed E-state index contributed by atoms with van der Waals surface area (Å²) in [6, 6.07) is 0. The fraction of sp³-hybridized carbons (Fsp3) is 0.600. The molecule has 0 aliphatic rings. The Kier molecular flexibility index (Phi) is 56.5. The van der Waals surface area contributed by atoms with Crippen LogP contribution in [0.2, 0.25) is 0 Å². The topological polar surface area (TPSA) is 79.5 Å². The van der Waals surface area contributed by atoms with Gasteiger partial charge < -0.3 is 0 Å². The maximum absolute atomic E-state index is 7.33. The first-order valence-corrected chi connectivity index (χ1v) is 4.88. The fourth-order valence-corrected chi connectivity index (χ4v) is 0.267. The van der Waals surface area contributed by atoms with Crippen LogP contribution in [0.5, 0.6) is 0 Å². The summed E-state index contributed by atoms with van der Waals surface area (Å²) in [4.78, 5) is 2.36. The van der Waals surface area contributed by atoms with E-state index in [9.17, 15) is 0 Å². The molecule has 6 nitrogen and oxygen atoms in total. The van der Waals surface area contributed by atoms with Crippen LogP contribution in [0.25, 0.3) is 10.4 Å². The SMILES string of the molecule is C#C.CC.CC.CN=[N+]=[N-].Cn1ccnn1. The summed E-state index contributed by atoms with van der Waals surface area (Å²) in [5.41, 5.74) is 7.33. The Balaban J connectivity index is -0.0000000639. The maximum Gasteiger partial charge on any atom is 0.0692 e. The molecule has 0 radical (unpaired) electrons. The van der Waals surface area contributed by atoms with E-state index in [4.69, 9.17) is 5.53 Å². The minimum atomic E-state index is 1.39. The molecule has 92 valence electrons. The molecule has 0 atom stereocenters. The second kappa shape index (κ2) is 38.2. The van der Waals surface area contributed by atoms with E-state index in [0.29, 0.717) is 0 Å². The van der Waals surface area contributed by atoms with Crippen LogP contribution in [0.15, 0.2) is 17.5 Å². The van der Waals surface area contributed by atoms with Gasteiger partial charge in [0.1, 0.15) is 0 Å². The Morgan fingerprint density at radius 2 is 1.62 bits per heavy atom. The van der Waals surface area contributed by atoms with Gasteiger partial charge >= 0.3 is 0 Å². The summed E-state index contributed by atoms with van der Waals surface area (Å²) in [6.45, 7) is 8.00. The van der Waals surface area contributed by atoms with Crippen molar-refractivity contribution < 1.29 is 0 Å². The number of azide groups is 1. The number of aryl methyl sites for hydroxylation is 1. The summed E-state index contributed by atoms with van der Waals surface area (Å²) in [6.07, 6.45) is 11.4. The van der Waals surface area contributed by atoms with E-state index >= 15 is 0 Å². The molecule has 0 saturated carbocycles. The van der Waals surface area contributed by atoms with E-state index in [1.807, 2.05) is 34.7 Å². The van der Waals surface area contributed by atoms with Crippen molar-refractivity contribution in [1.82, 2.24) is 15.0 Å². The Bertz CT molecular complexity index is 233. The third-order valence-electron chi connectivity index (χ3n) is 0.631. The smallest absolute Gasteiger partial charge is 0.0692 e. The third kappa shape index (κ3) is 40.3. The lowest BCUT2D eigenvalue weighted by Gasteiger charge is -1.74. The zero-order valence-electron chi connectivity index (χ0n) is 11.0. The molecule has 0 spiro atoms. The van der Waals surface area contributed by atoms with Crippen molar-refractivity contribution in [2.75, 3.05) is 7.05 Å². The summed E-state index contributed by atoms with van der Waals surface area (Å²) >= 11 is 0. The highest BCUT2D eigenvalue weighted by Gasteiger charge is 1.70. The Morgan fingerprint density at radius 3 is 1.69 bits per heavy atom. The van der Waals surface area contributed by atoms with Gasteiger partial charge in [-0.3, -0.25) is 4.68 Å². The van der Waals surface area contributed by atoms with Gasteiger partial charge in [0, 0.05) is 25.2 Å². The second-order valence-corrected chi connectivity index (χ2v) is 1.37. The summed E-state index contributed by atoms with van der Waals surface area (Å²) in [5.74, 6) is 0. The van der Waals surface area contributed by atoms with E-state index < -0.39 is 0 Å². The number of hydrogen-bond acceptors (Lipinski definition) is 3. The zero-order valence-corrected chi connectivity index (χ0v) is 11.0. The first kappa shape index (κ1) is 23.7. The number of aromatic nitrogens is 3. The van der Waals surface area contributed by atoms with Crippen molar-refractivity contribution >= 4 is 0 Å². The van der Waals surface area contributed by atoms with Gasteiger partial charge in [-0.2, -0.15) is 0 Å². The average molecular weight is 226 g/mol. The van der Waals surface area contributed by atoms with E-state index in [2.05, 4.69) is 33.2 Å². The van der Waals surface area contributed by atoms with Gasteiger partial charge in [-0.25, -0.2) is 0 Å². The quantitative estimate of drug-likeness (QED) is 0.295. The first-order chi connectivity index (χ1) is 7.81. The molecular formula is C10H22N6. The number of rotatable bonds is 0. The maximum atomic E-state index is 7.33. The zero-order chi connectivity index (χ0) is 13.8. The summed E-state index contributed by atoms with van der Waals surface area (Å²) in [5, 5.41) is 10.0. The lowest BCUT2D eigenvalue weighted by atomic mass is 10.9. The molecule has 1 aromatic rings. The molecule has 0 amide bonds. The number of nitrogens with zero attached hydrogens (tertiary/aromatic N) is 6. The van der Waals surface area contributed by atoms with Gasteiger partial charge in [0.2, 0.25) is 0 Å². The van der Waals surface area contributed by atoms with Gasteiger partial charge in [-0.1, -0.05) is 38.0 Å². The van der Waals surface area contributed by atoms with Crippen LogP contribution < -0.4 is 0 Å². The molecule has 16 heavy (non-hydrogen) atoms. The van der Waals surface area contributed by atoms with Crippen LogP contribution in [0.3, 0.4) is 0 Å². The third-order valence-corrected chi connectivity index (χ3v) is 0.631. The van der Waals surface area contributed by atoms with Crippen LogP contribution in [-0.2, 0) is 7.05 Å². The highest BCUT2D eigenvalue weighted by atomic mass is 15.4. The summed E-state index contributed by atoms with van der Waals surface area (Å²) < 4.78 is 1.64. The van der Waals surface area contributed by atoms with Gasteiger partial charge in [-0.15, -0.1) is 17.9 Å². The van der Waals surface area contributed by atoms with Crippen LogP contribution in [0, 0.1) is 12.8 Å². The first-order valence-electron chi connectivity index (χ1n) is 4.88. The Morgan fingerprint density at radius 1 is 1.25 bits per heavy atom. The van der Waals surface area contributed by atoms with Crippen molar-refractivity contribution in [2.24, 2.45) is 12.2 Å². The average Bonchev–Trinajstić information content (AvgIpc) is 2.88. The number of hydrogen-bond donors (Lipinski definition) is 0. The predicted octanol–water partition coefficient (Wildman–Crippen LogP) is 3.04. The number of terminal acetylenes is 1. The van der Waals surface area contributed by atoms with Crippen LogP contribution in [0.1, 0.15) is 27.7 Å². The molecule has 0 saturated heterocycles. The lowest BCUT2D eigenvalue weighted by molar-refractivity contribution is 0.715. The van der Waals surface area contributed by atoms with Crippen molar-refractivity contribution in [2.45, 2.75) is 27.7 Å². The fourth-order valence-electron chi connectivity index (χ4n) is 0.267. The van der Waals surface area contributed by atoms with Crippen molar-refractivity contribution in [3.8, 4) is 12.8 Å². The second-order valence-electron chi connectivity index (χ2n) is 1.37. The molecule has 0 aliphatic heterocycles. The molecule has 0 N–H and O–H groups in total. The van der Waals surface area contributed by atoms with Crippen molar-refractivity contribution in [1.29, 1.82) is 0 Å². The van der Waals surface area contributed by atoms with E-state index in [0.717, 1.165) is 0 Å². The molecule has 1 heterocycles. The Hall–Kier alpha value is -1.99. The van der Waals surface area contributed by atoms with E-state index in [-0.39, 0.29) is 0 Å². The minimum absolute atomic E-state index is 1.39. The highest BCUT2D eigenvalue weighted by Crippen LogP contribution is 1.66. The van der Waals surface area contributed by atoms with Crippen LogP contribution in [0.4, 0.5) is 0 Å². The van der Waals surface area contributed by atoms with Gasteiger partial charge in [0.05, 0.1) is 6.20 Å². The lowest BCUT2D eigenvalue weighted by Crippen LogP contribution is -1.85. The monoisotopic (exact) mass is 226 g/mol. The molecule has 6 heteroatoms. The van der Waals surface area contributed by atoms with Gasteiger partial charge in [0.15, 0.2) is 0 Å². The summed E-state index contributed by atoms with van der Waals surface area (Å²) in [7, 11) is 3.22. The van der Waals surface area contributed by atoms with Gasteiger partial charge in [-0.05, 0) is 5.53 Å². The van der Waals surface area contributed by atoms with Crippen LogP contribution >= 0.6 is 0 Å². The van der Waals surface area contributed by atoms with Gasteiger partial charge in [0.25, 0.3) is 0 Å².